The van der Waals surface area contributed by atoms with E-state index >= 15 is 0 Å². The van der Waals surface area contributed by atoms with Gasteiger partial charge in [0.1, 0.15) is 5.41 Å². The standard InChI is InChI=1S/C10H13NO2.ClH/c1-10(2,9(12)13)8-11-6-4-3-5-7-11;/h3-7H,8H2,1-2H3;1H. The molecule has 0 spiro atoms. The van der Waals surface area contributed by atoms with Gasteiger partial charge in [-0.3, -0.25) is 4.79 Å². The summed E-state index contributed by atoms with van der Waals surface area (Å²) < 4.78 is 1.87. The summed E-state index contributed by atoms with van der Waals surface area (Å²) in [5.74, 6) is -0.774. The number of carboxylic acids is 1. The molecule has 14 heavy (non-hydrogen) atoms. The third-order valence-electron chi connectivity index (χ3n) is 1.93. The lowest BCUT2D eigenvalue weighted by Crippen LogP contribution is -3.00. The molecule has 0 atom stereocenters. The number of carbonyl (C=O) groups is 1. The topological polar surface area (TPSA) is 41.2 Å². The van der Waals surface area contributed by atoms with Crippen LogP contribution in [0.1, 0.15) is 13.8 Å². The molecule has 0 bridgehead atoms. The number of hydrogen-bond acceptors (Lipinski definition) is 1. The van der Waals surface area contributed by atoms with Gasteiger partial charge in [-0.25, -0.2) is 4.57 Å². The maximum absolute atomic E-state index is 10.8. The molecule has 3 nitrogen and oxygen atoms in total. The zero-order valence-electron chi connectivity index (χ0n) is 8.27. The van der Waals surface area contributed by atoms with Crippen LogP contribution >= 0.6 is 0 Å². The molecule has 0 radical (unpaired) electrons. The van der Waals surface area contributed by atoms with Gasteiger partial charge in [0.15, 0.2) is 18.9 Å². The minimum Gasteiger partial charge on any atom is -1.00 e. The van der Waals surface area contributed by atoms with Gasteiger partial charge in [-0.1, -0.05) is 6.07 Å². The van der Waals surface area contributed by atoms with Crippen LogP contribution in [-0.2, 0) is 11.3 Å². The summed E-state index contributed by atoms with van der Waals surface area (Å²) in [5, 5.41) is 8.89. The van der Waals surface area contributed by atoms with E-state index in [9.17, 15) is 4.79 Å². The lowest BCUT2D eigenvalue weighted by atomic mass is 9.94. The number of halogens is 1. The number of pyridine rings is 1. The van der Waals surface area contributed by atoms with Crippen molar-refractivity contribution in [2.24, 2.45) is 5.41 Å². The molecule has 0 saturated carbocycles. The molecule has 0 amide bonds. The Morgan fingerprint density at radius 3 is 2.21 bits per heavy atom. The predicted octanol–water partition coefficient (Wildman–Crippen LogP) is -1.91. The summed E-state index contributed by atoms with van der Waals surface area (Å²) in [6.07, 6.45) is 3.73. The van der Waals surface area contributed by atoms with Gasteiger partial charge in [0, 0.05) is 12.1 Å². The summed E-state index contributed by atoms with van der Waals surface area (Å²) in [6.45, 7) is 3.92. The van der Waals surface area contributed by atoms with Crippen molar-refractivity contribution in [3.8, 4) is 0 Å². The monoisotopic (exact) mass is 215 g/mol. The molecule has 0 unspecified atom stereocenters. The van der Waals surface area contributed by atoms with Crippen molar-refractivity contribution in [3.05, 3.63) is 30.6 Å². The lowest BCUT2D eigenvalue weighted by molar-refractivity contribution is -0.706. The molecule has 0 aliphatic heterocycles. The first-order chi connectivity index (χ1) is 6.02. The van der Waals surface area contributed by atoms with Crippen LogP contribution < -0.4 is 17.0 Å². The smallest absolute Gasteiger partial charge is 0.315 e. The predicted molar refractivity (Wildman–Crippen MR) is 48.1 cm³/mol. The molecular formula is C10H14ClNO2. The van der Waals surface area contributed by atoms with Gasteiger partial charge < -0.3 is 17.5 Å². The van der Waals surface area contributed by atoms with Gasteiger partial charge >= 0.3 is 5.97 Å². The van der Waals surface area contributed by atoms with Gasteiger partial charge in [-0.05, 0) is 13.8 Å². The van der Waals surface area contributed by atoms with Gasteiger partial charge in [0.2, 0.25) is 0 Å². The molecule has 0 saturated heterocycles. The normalized spacial score (nSPS) is 10.4. The molecule has 1 aromatic rings. The van der Waals surface area contributed by atoms with Crippen LogP contribution in [0.4, 0.5) is 0 Å². The maximum atomic E-state index is 10.8. The number of aliphatic carboxylic acids is 1. The van der Waals surface area contributed by atoms with Crippen LogP contribution in [0.25, 0.3) is 0 Å². The first-order valence-corrected chi connectivity index (χ1v) is 4.20. The Morgan fingerprint density at radius 1 is 1.29 bits per heavy atom. The first kappa shape index (κ1) is 12.9. The second-order valence-electron chi connectivity index (χ2n) is 3.74. The van der Waals surface area contributed by atoms with Crippen LogP contribution in [0.2, 0.25) is 0 Å². The SMILES string of the molecule is CC(C)(C[n+]1ccccc1)C(=O)O.[Cl-]. The fourth-order valence-electron chi connectivity index (χ4n) is 1.06. The van der Waals surface area contributed by atoms with E-state index in [1.807, 2.05) is 35.2 Å². The van der Waals surface area contributed by atoms with E-state index in [-0.39, 0.29) is 12.4 Å². The van der Waals surface area contributed by atoms with Crippen molar-refractivity contribution < 1.29 is 26.9 Å². The second-order valence-corrected chi connectivity index (χ2v) is 3.74. The highest BCUT2D eigenvalue weighted by atomic mass is 35.5. The highest BCUT2D eigenvalue weighted by molar-refractivity contribution is 5.73. The van der Waals surface area contributed by atoms with Gasteiger partial charge in [0.25, 0.3) is 0 Å². The van der Waals surface area contributed by atoms with Gasteiger partial charge in [0.05, 0.1) is 0 Å². The van der Waals surface area contributed by atoms with Crippen molar-refractivity contribution in [2.75, 3.05) is 0 Å². The Balaban J connectivity index is 0.00000169. The highest BCUT2D eigenvalue weighted by Crippen LogP contribution is 2.14. The quantitative estimate of drug-likeness (QED) is 0.598. The van der Waals surface area contributed by atoms with Gasteiger partial charge in [-0.15, -0.1) is 0 Å². The second kappa shape index (κ2) is 4.96. The fourth-order valence-corrected chi connectivity index (χ4v) is 1.06. The molecule has 0 aliphatic carbocycles. The molecule has 1 rings (SSSR count). The Kier molecular flexibility index (Phi) is 4.57. The first-order valence-electron chi connectivity index (χ1n) is 4.20. The van der Waals surface area contributed by atoms with E-state index in [2.05, 4.69) is 0 Å². The van der Waals surface area contributed by atoms with Crippen LogP contribution in [0, 0.1) is 5.41 Å². The minimum atomic E-state index is -0.774. The van der Waals surface area contributed by atoms with Crippen LogP contribution in [-0.4, -0.2) is 11.1 Å². The third kappa shape index (κ3) is 3.34. The number of hydrogen-bond donors (Lipinski definition) is 1. The Labute approximate surface area is 89.8 Å². The Hall–Kier alpha value is -1.09. The number of carboxylic acid groups (broad SMARTS) is 1. The molecule has 4 heteroatoms. The summed E-state index contributed by atoms with van der Waals surface area (Å²) in [7, 11) is 0. The van der Waals surface area contributed by atoms with Crippen molar-refractivity contribution in [1.29, 1.82) is 0 Å². The van der Waals surface area contributed by atoms with Crippen molar-refractivity contribution in [2.45, 2.75) is 20.4 Å². The van der Waals surface area contributed by atoms with E-state index < -0.39 is 11.4 Å². The van der Waals surface area contributed by atoms with Crippen LogP contribution in [0.3, 0.4) is 0 Å². The summed E-state index contributed by atoms with van der Waals surface area (Å²) in [4.78, 5) is 10.8. The zero-order valence-corrected chi connectivity index (χ0v) is 9.03. The summed E-state index contributed by atoms with van der Waals surface area (Å²) in [5.41, 5.74) is -0.716. The molecule has 0 fully saturated rings. The average Bonchev–Trinajstić information content (AvgIpc) is 2.05. The highest BCUT2D eigenvalue weighted by Gasteiger charge is 2.31. The molecular weight excluding hydrogens is 202 g/mol. The lowest BCUT2D eigenvalue weighted by Gasteiger charge is -2.14. The number of nitrogens with zero attached hydrogens (tertiary/aromatic N) is 1. The molecule has 0 aromatic carbocycles. The van der Waals surface area contributed by atoms with Crippen LogP contribution in [0.5, 0.6) is 0 Å². The maximum Gasteiger partial charge on any atom is 0.315 e. The molecule has 1 aromatic heterocycles. The van der Waals surface area contributed by atoms with E-state index in [0.29, 0.717) is 6.54 Å². The largest absolute Gasteiger partial charge is 1.00 e. The number of rotatable bonds is 3. The van der Waals surface area contributed by atoms with Crippen molar-refractivity contribution in [3.63, 3.8) is 0 Å². The molecule has 1 heterocycles. The van der Waals surface area contributed by atoms with E-state index in [1.54, 1.807) is 13.8 Å². The molecule has 78 valence electrons. The van der Waals surface area contributed by atoms with E-state index in [4.69, 9.17) is 5.11 Å². The third-order valence-corrected chi connectivity index (χ3v) is 1.93. The van der Waals surface area contributed by atoms with Gasteiger partial charge in [-0.2, -0.15) is 0 Å². The van der Waals surface area contributed by atoms with Crippen molar-refractivity contribution >= 4 is 5.97 Å². The van der Waals surface area contributed by atoms with E-state index in [0.717, 1.165) is 0 Å². The van der Waals surface area contributed by atoms with E-state index in [1.165, 1.54) is 0 Å². The molecule has 0 aliphatic rings. The van der Waals surface area contributed by atoms with Crippen LogP contribution in [0.15, 0.2) is 30.6 Å². The Morgan fingerprint density at radius 2 is 1.79 bits per heavy atom. The molecule has 1 N–H and O–H groups in total. The van der Waals surface area contributed by atoms with Crippen molar-refractivity contribution in [1.82, 2.24) is 0 Å². The Bertz CT molecular complexity index is 298. The summed E-state index contributed by atoms with van der Waals surface area (Å²) in [6, 6.07) is 5.68. The zero-order chi connectivity index (χ0) is 9.90. The average molecular weight is 216 g/mol. The number of aromatic nitrogens is 1. The fraction of sp³-hybridized carbons (Fsp3) is 0.400. The summed E-state index contributed by atoms with van der Waals surface area (Å²) >= 11 is 0. The minimum absolute atomic E-state index is 0.